The van der Waals surface area contributed by atoms with Crippen LogP contribution < -0.4 is 37.9 Å². The molecule has 0 saturated carbocycles. The van der Waals surface area contributed by atoms with Crippen molar-refractivity contribution >= 4 is 128 Å². The summed E-state index contributed by atoms with van der Waals surface area (Å²) in [7, 11) is 0. The number of nitrogens with one attached hydrogen (secondary N) is 5. The second-order valence-corrected chi connectivity index (χ2v) is 32.5. The van der Waals surface area contributed by atoms with Gasteiger partial charge in [-0.2, -0.15) is 0 Å². The van der Waals surface area contributed by atoms with E-state index in [9.17, 15) is 58.8 Å². The number of fused-ring (bicyclic) bond motifs is 9. The van der Waals surface area contributed by atoms with Crippen molar-refractivity contribution in [3.63, 3.8) is 0 Å². The summed E-state index contributed by atoms with van der Waals surface area (Å²) in [4.78, 5) is 121. The summed E-state index contributed by atoms with van der Waals surface area (Å²) >= 11 is 3.01. The lowest BCUT2D eigenvalue weighted by atomic mass is 10.1. The first-order valence-corrected chi connectivity index (χ1v) is 44.1. The molecule has 8 aliphatic heterocycles. The molecule has 30 heteroatoms. The van der Waals surface area contributed by atoms with Crippen LogP contribution in [0.15, 0.2) is 353 Å². The van der Waals surface area contributed by atoms with Crippen molar-refractivity contribution in [3.8, 4) is 69.0 Å². The number of allylic oxidation sites excluding steroid dienone is 8. The average molecular weight is 1870 g/mol. The highest BCUT2D eigenvalue weighted by atomic mass is 32.1. The quantitative estimate of drug-likeness (QED) is 0.0504. The van der Waals surface area contributed by atoms with Crippen LogP contribution in [0.4, 0.5) is 0 Å². The number of Topliss-reactive ketones (excluding diaryl/α,β-unsaturated/α-hetero) is 8. The molecule has 0 bridgehead atoms. The number of hydrogen-bond acceptors (Lipinski definition) is 25. The molecular weight excluding hydrogens is 1800 g/mol. The fourth-order valence-corrected chi connectivity index (χ4v) is 15.8. The lowest BCUT2D eigenvalue weighted by molar-refractivity contribution is 0.101. The Morgan fingerprint density at radius 2 is 0.739 bits per heavy atom. The average Bonchev–Trinajstić information content (AvgIpc) is 1.63. The monoisotopic (exact) mass is 1870 g/mol. The molecule has 8 aromatic heterocycles. The van der Waals surface area contributed by atoms with Gasteiger partial charge in [0.2, 0.25) is 52.0 Å². The number of para-hydroxylation sites is 6. The Kier molecular flexibility index (Phi) is 26.0. The second kappa shape index (κ2) is 40.0. The molecular formula is C108H73N7O21S2. The van der Waals surface area contributed by atoms with Gasteiger partial charge in [0.25, 0.3) is 0 Å². The van der Waals surface area contributed by atoms with Crippen LogP contribution in [-0.4, -0.2) is 102 Å². The number of nitrogens with zero attached hydrogens (tertiary/aromatic N) is 2. The number of ether oxygens (including phenoxy) is 8. The van der Waals surface area contributed by atoms with Crippen LogP contribution in [0.25, 0.3) is 59.5 Å². The lowest BCUT2D eigenvalue weighted by Crippen LogP contribution is -1.98. The topological polar surface area (TPSA) is 409 Å². The van der Waals surface area contributed by atoms with Crippen molar-refractivity contribution in [2.75, 3.05) is 0 Å². The number of carbonyl (C=O) groups excluding carboxylic acids is 8. The van der Waals surface area contributed by atoms with E-state index < -0.39 is 5.75 Å². The number of H-pyrrole nitrogens is 5. The van der Waals surface area contributed by atoms with Gasteiger partial charge in [0.1, 0.15) is 69.1 Å². The van der Waals surface area contributed by atoms with Crippen LogP contribution >= 0.6 is 22.7 Å². The summed E-state index contributed by atoms with van der Waals surface area (Å²) < 4.78 is 49.1. The second-order valence-electron chi connectivity index (χ2n) is 30.6. The molecule has 0 fully saturated rings. The first kappa shape index (κ1) is 89.6. The third-order valence-electron chi connectivity index (χ3n) is 21.3. The number of phenolic OH excluding ortho intramolecular Hbond substituents is 4. The van der Waals surface area contributed by atoms with Crippen molar-refractivity contribution in [2.24, 2.45) is 0 Å². The van der Waals surface area contributed by atoms with Crippen molar-refractivity contribution in [1.82, 2.24) is 34.9 Å². The third kappa shape index (κ3) is 20.0. The van der Waals surface area contributed by atoms with Gasteiger partial charge >= 0.3 is 0 Å². The number of aromatic nitrogens is 7. The van der Waals surface area contributed by atoms with Crippen LogP contribution in [0.2, 0.25) is 0 Å². The first-order chi connectivity index (χ1) is 67.1. The van der Waals surface area contributed by atoms with Gasteiger partial charge in [0, 0.05) is 129 Å². The molecule has 0 amide bonds. The number of phenols is 4. The Bertz CT molecular complexity index is 7670. The summed E-state index contributed by atoms with van der Waals surface area (Å²) in [5, 5.41) is 42.5. The van der Waals surface area contributed by atoms with Gasteiger partial charge in [-0.15, -0.1) is 22.7 Å². The van der Waals surface area contributed by atoms with Crippen LogP contribution in [0, 0.1) is 13.8 Å². The van der Waals surface area contributed by atoms with Gasteiger partial charge in [0.15, 0.2) is 57.6 Å². The number of thiophene rings is 2. The molecule has 9 aromatic carbocycles. The van der Waals surface area contributed by atoms with Crippen molar-refractivity contribution in [2.45, 2.75) is 13.8 Å². The van der Waals surface area contributed by atoms with Gasteiger partial charge in [-0.25, -0.2) is 9.97 Å². The number of ketones is 8. The van der Waals surface area contributed by atoms with Crippen molar-refractivity contribution < 1.29 is 101 Å². The Morgan fingerprint density at radius 1 is 0.326 bits per heavy atom. The molecule has 0 spiro atoms. The zero-order valence-corrected chi connectivity index (χ0v) is 74.1. The molecule has 0 aliphatic carbocycles. The maximum Gasteiger partial charge on any atom is 0.232 e. The molecule has 28 nitrogen and oxygen atoms in total. The van der Waals surface area contributed by atoms with E-state index in [4.69, 9.17) is 42.3 Å². The minimum Gasteiger partial charge on any atom is -0.508 e. The normalized spacial score (nSPS) is 16.0. The highest BCUT2D eigenvalue weighted by Gasteiger charge is 2.36. The molecule has 9 N–H and O–H groups in total. The van der Waals surface area contributed by atoms with E-state index in [1.165, 1.54) is 59.1 Å². The maximum atomic E-state index is 12.3. The van der Waals surface area contributed by atoms with E-state index in [0.717, 1.165) is 54.8 Å². The van der Waals surface area contributed by atoms with E-state index in [1.807, 2.05) is 182 Å². The number of rotatable bonds is 8. The number of carbonyl (C=O) groups is 8. The van der Waals surface area contributed by atoms with Gasteiger partial charge in [0.05, 0.1) is 56.5 Å². The zero-order chi connectivity index (χ0) is 95.5. The number of aromatic hydroxyl groups is 4. The summed E-state index contributed by atoms with van der Waals surface area (Å²) in [5.74, 6) is 6.72. The highest BCUT2D eigenvalue weighted by Crippen LogP contribution is 2.46. The summed E-state index contributed by atoms with van der Waals surface area (Å²) in [6, 6.07) is 74.4. The molecule has 138 heavy (non-hydrogen) atoms. The zero-order valence-electron chi connectivity index (χ0n) is 72.4. The largest absolute Gasteiger partial charge is 0.508 e. The van der Waals surface area contributed by atoms with E-state index >= 15 is 0 Å². The number of aromatic amines is 5. The lowest BCUT2D eigenvalue weighted by Gasteiger charge is -2.02. The highest BCUT2D eigenvalue weighted by molar-refractivity contribution is 7.11. The number of aryl methyl sites for hydroxylation is 2. The van der Waals surface area contributed by atoms with Crippen LogP contribution in [-0.2, 0) is 0 Å². The standard InChI is InChI=1S/C17H11NO2.C14H10O3.C13H10N2O2.C13H9NO3.C13H9NO2.C13H8O4S.C13H8O3S.C12H8N2O2/c19-17-13-6-2-4-8-15(13)20-16(17)9-11-10-18-14-7-3-1-5-12(11)14;1-9-6-7-10(16-9)8-13-14(15)11-4-2-3-5-12(11)17-13;1-8-10(15-7-14-8)6-12-13(16)9-4-2-3-5-11(9)17-12;15-9-3-4-10-11(7-9)17-12(13(10)16)6-8-2-1-5-14-8;15-13-10-5-1-2-6-11(10)16-12(13)8-9-4-3-7-14-9;14-9-4-3-8-11(15)10(17-13(8)12(9)16)6-7-2-1-5-18-7;14-8-3-4-10-11(6-8)16-12(13(10)15)7-9-2-1-5-17-9;15-12-8-3-1-2-4-9(8)16-10(12)7-11-13-5-6-14-11/h1-10,18H;2-8H,1H3;2-7H,1H3,(H,14,15);1-7,14-15H;1-8,14H;1-6,14,16H;1-7,14H;1-7H,(H,13,14)/b16-9-;13-8-;2*12-6-;12-8-;10-6-;12-7-;10-7-. The Hall–Kier alpha value is -18.9. The molecule has 25 rings (SSSR count). The minimum absolute atomic E-state index is 0.0165. The van der Waals surface area contributed by atoms with Crippen molar-refractivity contribution in [3.05, 3.63) is 449 Å². The molecule has 8 aliphatic rings. The number of imidazole rings is 2. The maximum absolute atomic E-state index is 12.3. The van der Waals surface area contributed by atoms with Crippen LogP contribution in [0.1, 0.15) is 138 Å². The smallest absolute Gasteiger partial charge is 0.232 e. The number of furan rings is 1. The first-order valence-electron chi connectivity index (χ1n) is 42.3. The van der Waals surface area contributed by atoms with E-state index in [0.29, 0.717) is 125 Å². The molecule has 16 heterocycles. The molecule has 0 saturated heterocycles. The summed E-state index contributed by atoms with van der Waals surface area (Å²) in [6.07, 6.45) is 23.7. The predicted molar refractivity (Wildman–Crippen MR) is 516 cm³/mol. The van der Waals surface area contributed by atoms with Gasteiger partial charge in [-0.05, 0) is 182 Å². The SMILES string of the molecule is Cc1[nH]cnc1/C=C1\Oc2ccccc2C1=O.Cc1ccc(/C=C2\Oc3ccccc3C2=O)o1.O=C1/C(=C/c2c[nH]c3ccccc23)Oc2ccccc21.O=C1/C(=C/c2ccc[nH]2)Oc2cc(O)ccc21.O=C1/C(=C/c2ccc[nH]2)Oc2ccccc21.O=C1/C(=C/c2cccs2)Oc2c1ccc(O)c2O.O=C1/C(=C/c2cccs2)Oc2cc(O)ccc21.O=C1/C(=C/c2ncc[nH]2)Oc2ccccc21. The summed E-state index contributed by atoms with van der Waals surface area (Å²) in [5.41, 5.74) is 9.55. The van der Waals surface area contributed by atoms with Crippen LogP contribution in [0.5, 0.6) is 69.0 Å². The Balaban J connectivity index is 0.000000105. The van der Waals surface area contributed by atoms with Gasteiger partial charge in [-0.1, -0.05) is 91.0 Å². The number of hydrogen-bond donors (Lipinski definition) is 9. The van der Waals surface area contributed by atoms with Crippen molar-refractivity contribution in [1.29, 1.82) is 0 Å². The number of benzene rings is 9. The molecule has 17 aromatic rings. The third-order valence-corrected chi connectivity index (χ3v) is 22.9. The fraction of sp³-hybridized carbons (Fsp3) is 0.0185. The molecule has 0 unspecified atom stereocenters. The van der Waals surface area contributed by atoms with E-state index in [1.54, 1.807) is 146 Å². The molecule has 0 radical (unpaired) electrons. The Morgan fingerprint density at radius 3 is 1.17 bits per heavy atom. The summed E-state index contributed by atoms with van der Waals surface area (Å²) in [6.45, 7) is 3.75. The van der Waals surface area contributed by atoms with E-state index in [-0.39, 0.29) is 86.3 Å². The predicted octanol–water partition coefficient (Wildman–Crippen LogP) is 22.2. The van der Waals surface area contributed by atoms with E-state index in [2.05, 4.69) is 34.9 Å². The van der Waals surface area contributed by atoms with Gasteiger partial charge < -0.3 is 87.7 Å². The molecule has 678 valence electrons. The van der Waals surface area contributed by atoms with Gasteiger partial charge in [-0.3, -0.25) is 38.4 Å². The Labute approximate surface area is 791 Å². The fourth-order valence-electron chi connectivity index (χ4n) is 14.5. The minimum atomic E-state index is -0.407. The van der Waals surface area contributed by atoms with Crippen LogP contribution in [0.3, 0.4) is 0 Å². The molecule has 0 atom stereocenters.